The van der Waals surface area contributed by atoms with Crippen molar-refractivity contribution < 1.29 is 50.1 Å². The summed E-state index contributed by atoms with van der Waals surface area (Å²) in [5.74, 6) is -2.84. The fourth-order valence-corrected chi connectivity index (χ4v) is 2.74. The Labute approximate surface area is 201 Å². The van der Waals surface area contributed by atoms with Crippen LogP contribution in [0, 0.1) is 5.41 Å². The summed E-state index contributed by atoms with van der Waals surface area (Å²) in [6.07, 6.45) is -10.4. The highest BCUT2D eigenvalue weighted by molar-refractivity contribution is 6.13. The number of halogens is 6. The number of rotatable bonds is 2. The van der Waals surface area contributed by atoms with Crippen LogP contribution in [0.3, 0.4) is 0 Å². The van der Waals surface area contributed by atoms with E-state index in [1.54, 1.807) is 0 Å². The average Bonchev–Trinajstić information content (AvgIpc) is 2.65. The zero-order chi connectivity index (χ0) is 27.7. The maximum atomic E-state index is 12.9. The Bertz CT molecular complexity index is 1100. The summed E-state index contributed by atoms with van der Waals surface area (Å²) in [7, 11) is 0. The zero-order valence-electron chi connectivity index (χ0n) is 19.7. The molecule has 1 aliphatic rings. The summed E-state index contributed by atoms with van der Waals surface area (Å²) in [6.45, 7) is 6.31. The molecule has 0 atom stereocenters. The Kier molecular flexibility index (Phi) is 7.76. The van der Waals surface area contributed by atoms with E-state index in [-0.39, 0.29) is 11.3 Å². The first-order chi connectivity index (χ1) is 16.2. The summed E-state index contributed by atoms with van der Waals surface area (Å²) in [6, 6.07) is 0.974. The van der Waals surface area contributed by atoms with Gasteiger partial charge in [-0.25, -0.2) is 19.5 Å². The molecule has 0 aromatic carbocycles. The van der Waals surface area contributed by atoms with Gasteiger partial charge in [0.15, 0.2) is 5.75 Å². The Morgan fingerprint density at radius 3 is 2.36 bits per heavy atom. The molecule has 0 unspecified atom stereocenters. The van der Waals surface area contributed by atoms with Gasteiger partial charge >= 0.3 is 24.7 Å². The maximum Gasteiger partial charge on any atom is 0.573 e. The van der Waals surface area contributed by atoms with Crippen molar-refractivity contribution in [3.05, 3.63) is 29.6 Å². The molecular weight excluding hydrogens is 502 g/mol. The lowest BCUT2D eigenvalue weighted by atomic mass is 10.0. The number of aromatic nitrogens is 1. The van der Waals surface area contributed by atoms with Gasteiger partial charge in [-0.3, -0.25) is 10.4 Å². The number of cyclic esters (lactones) is 1. The number of carbonyl (C=O) groups is 2. The van der Waals surface area contributed by atoms with Crippen LogP contribution in [-0.2, 0) is 16.0 Å². The highest BCUT2D eigenvalue weighted by atomic mass is 19.4. The highest BCUT2D eigenvalue weighted by Gasteiger charge is 2.37. The number of fused-ring (bicyclic) bond motifs is 2. The van der Waals surface area contributed by atoms with Gasteiger partial charge in [-0.1, -0.05) is 0 Å². The SMILES string of the molecule is CC(C)(C)OC(=O)N1Cc2cc(ncc2OC(F)(F)F)/C(C=NC(=N)C(F)(F)F)=C\C(C)(C)OC1=O. The molecule has 0 spiro atoms. The molecule has 0 saturated heterocycles. The van der Waals surface area contributed by atoms with E-state index in [0.29, 0.717) is 17.3 Å². The van der Waals surface area contributed by atoms with Crippen molar-refractivity contribution in [1.82, 2.24) is 9.88 Å². The van der Waals surface area contributed by atoms with E-state index in [1.165, 1.54) is 34.6 Å². The van der Waals surface area contributed by atoms with Crippen LogP contribution in [0.4, 0.5) is 35.9 Å². The monoisotopic (exact) mass is 524 g/mol. The lowest BCUT2D eigenvalue weighted by Crippen LogP contribution is -2.43. The minimum atomic E-state index is -5.17. The second kappa shape index (κ2) is 9.78. The van der Waals surface area contributed by atoms with E-state index >= 15 is 0 Å². The number of ether oxygens (including phenoxy) is 3. The molecule has 0 aliphatic carbocycles. The van der Waals surface area contributed by atoms with Crippen LogP contribution in [0.2, 0.25) is 0 Å². The summed E-state index contributed by atoms with van der Waals surface area (Å²) < 4.78 is 91.4. The van der Waals surface area contributed by atoms with Crippen molar-refractivity contribution >= 4 is 29.8 Å². The minimum Gasteiger partial charge on any atom is -0.443 e. The molecule has 198 valence electrons. The summed E-state index contributed by atoms with van der Waals surface area (Å²) in [5.41, 5.74) is -3.48. The van der Waals surface area contributed by atoms with Crippen LogP contribution >= 0.6 is 0 Å². The van der Waals surface area contributed by atoms with Crippen molar-refractivity contribution in [2.75, 3.05) is 0 Å². The third-order valence-corrected chi connectivity index (χ3v) is 4.09. The van der Waals surface area contributed by atoms with Crippen LogP contribution < -0.4 is 4.74 Å². The lowest BCUT2D eigenvalue weighted by Gasteiger charge is -2.30. The number of imide groups is 1. The van der Waals surface area contributed by atoms with Gasteiger partial charge in [0.1, 0.15) is 11.2 Å². The molecule has 0 saturated carbocycles. The molecule has 2 heterocycles. The maximum absolute atomic E-state index is 12.9. The summed E-state index contributed by atoms with van der Waals surface area (Å²) in [4.78, 5) is 32.8. The van der Waals surface area contributed by atoms with E-state index in [0.717, 1.165) is 12.1 Å². The van der Waals surface area contributed by atoms with Crippen molar-refractivity contribution in [3.8, 4) is 5.75 Å². The van der Waals surface area contributed by atoms with Gasteiger partial charge in [-0.05, 0) is 46.8 Å². The Hall–Kier alpha value is -3.65. The number of aliphatic imine (C=N–C) groups is 1. The predicted octanol–water partition coefficient (Wildman–Crippen LogP) is 5.64. The molecule has 2 rings (SSSR count). The number of nitrogens with zero attached hydrogens (tertiary/aromatic N) is 3. The number of alkyl halides is 6. The zero-order valence-corrected chi connectivity index (χ0v) is 19.7. The van der Waals surface area contributed by atoms with Crippen molar-refractivity contribution in [2.45, 2.75) is 64.9 Å². The summed E-state index contributed by atoms with van der Waals surface area (Å²) >= 11 is 0. The number of pyridine rings is 1. The van der Waals surface area contributed by atoms with Crippen molar-refractivity contribution in [3.63, 3.8) is 0 Å². The van der Waals surface area contributed by atoms with Crippen LogP contribution in [0.5, 0.6) is 5.75 Å². The minimum absolute atomic E-state index is 0.201. The van der Waals surface area contributed by atoms with Crippen LogP contribution in [-0.4, -0.2) is 57.9 Å². The standard InChI is InChI=1S/C21H22F6N4O5/c1-18(2,3)35-16(32)31-10-11-6-13(29-9-14(11)34-21(25,26)27)12(7-19(4,5)36-17(31)33)8-30-15(28)20(22,23)24/h6-9,28H,10H2,1-5H3/b12-7-,28-15?,30-8?. The van der Waals surface area contributed by atoms with Gasteiger partial charge in [0.05, 0.1) is 18.4 Å². The molecule has 36 heavy (non-hydrogen) atoms. The van der Waals surface area contributed by atoms with Crippen LogP contribution in [0.25, 0.3) is 5.57 Å². The second-order valence-corrected chi connectivity index (χ2v) is 8.97. The molecule has 1 aromatic heterocycles. The molecule has 1 N–H and O–H groups in total. The molecule has 0 fully saturated rings. The third-order valence-electron chi connectivity index (χ3n) is 4.09. The smallest absolute Gasteiger partial charge is 0.443 e. The molecule has 2 amide bonds. The topological polar surface area (TPSA) is 114 Å². The second-order valence-electron chi connectivity index (χ2n) is 8.97. The van der Waals surface area contributed by atoms with Crippen molar-refractivity contribution in [1.29, 1.82) is 5.41 Å². The van der Waals surface area contributed by atoms with E-state index in [2.05, 4.69) is 14.7 Å². The molecule has 2 bridgehead atoms. The average molecular weight is 524 g/mol. The normalized spacial score (nSPS) is 18.2. The Balaban J connectivity index is 2.69. The van der Waals surface area contributed by atoms with Gasteiger partial charge in [-0.15, -0.1) is 13.2 Å². The number of hydrogen-bond donors (Lipinski definition) is 1. The Morgan fingerprint density at radius 2 is 1.83 bits per heavy atom. The predicted molar refractivity (Wildman–Crippen MR) is 114 cm³/mol. The highest BCUT2D eigenvalue weighted by Crippen LogP contribution is 2.31. The Morgan fingerprint density at radius 1 is 1.22 bits per heavy atom. The molecule has 9 nitrogen and oxygen atoms in total. The van der Waals surface area contributed by atoms with E-state index in [1.807, 2.05) is 0 Å². The third kappa shape index (κ3) is 8.23. The van der Waals surface area contributed by atoms with Gasteiger partial charge in [0.25, 0.3) is 0 Å². The number of carbonyl (C=O) groups excluding carboxylic acids is 2. The number of nitrogens with one attached hydrogen (secondary N) is 1. The molecule has 0 radical (unpaired) electrons. The molecule has 1 aliphatic heterocycles. The van der Waals surface area contributed by atoms with Crippen LogP contribution in [0.1, 0.15) is 45.9 Å². The lowest BCUT2D eigenvalue weighted by molar-refractivity contribution is -0.275. The summed E-state index contributed by atoms with van der Waals surface area (Å²) in [5, 5.41) is 7.01. The van der Waals surface area contributed by atoms with Gasteiger partial charge in [0.2, 0.25) is 5.84 Å². The van der Waals surface area contributed by atoms with Gasteiger partial charge in [-0.2, -0.15) is 13.2 Å². The fraction of sp³-hybridized carbons (Fsp3) is 0.476. The van der Waals surface area contributed by atoms with Gasteiger partial charge in [0, 0.05) is 17.4 Å². The fourth-order valence-electron chi connectivity index (χ4n) is 2.74. The molecule has 1 aromatic rings. The number of hydrogen-bond acceptors (Lipinski definition) is 7. The number of allylic oxidation sites excluding steroid dienone is 1. The number of amidine groups is 1. The first-order valence-electron chi connectivity index (χ1n) is 10.1. The van der Waals surface area contributed by atoms with Gasteiger partial charge < -0.3 is 14.2 Å². The quantitative estimate of drug-likeness (QED) is 0.304. The van der Waals surface area contributed by atoms with Crippen LogP contribution in [0.15, 0.2) is 23.3 Å². The van der Waals surface area contributed by atoms with E-state index in [4.69, 9.17) is 14.9 Å². The first-order valence-corrected chi connectivity index (χ1v) is 10.1. The van der Waals surface area contributed by atoms with E-state index in [9.17, 15) is 35.9 Å². The molecular formula is C21H22F6N4O5. The number of amides is 2. The first kappa shape index (κ1) is 28.6. The molecule has 15 heteroatoms. The largest absolute Gasteiger partial charge is 0.573 e. The van der Waals surface area contributed by atoms with E-state index < -0.39 is 59.6 Å². The van der Waals surface area contributed by atoms with Crippen molar-refractivity contribution in [2.24, 2.45) is 4.99 Å².